The van der Waals surface area contributed by atoms with Gasteiger partial charge in [0, 0.05) is 24.7 Å². The molecule has 0 amide bonds. The Bertz CT molecular complexity index is 728. The van der Waals surface area contributed by atoms with Crippen molar-refractivity contribution in [3.63, 3.8) is 0 Å². The molecule has 26 heavy (non-hydrogen) atoms. The first-order chi connectivity index (χ1) is 12.4. The highest BCUT2D eigenvalue weighted by Crippen LogP contribution is 2.33. The lowest BCUT2D eigenvalue weighted by molar-refractivity contribution is 0.00548. The third-order valence-electron chi connectivity index (χ3n) is 4.62. The van der Waals surface area contributed by atoms with Gasteiger partial charge in [-0.1, -0.05) is 35.3 Å². The van der Waals surface area contributed by atoms with Gasteiger partial charge in [-0.3, -0.25) is 4.90 Å². The number of hydrogen-bond donors (Lipinski definition) is 1. The Morgan fingerprint density at radius 1 is 1.12 bits per heavy atom. The van der Waals surface area contributed by atoms with Gasteiger partial charge in [0.25, 0.3) is 0 Å². The molecule has 6 heteroatoms. The van der Waals surface area contributed by atoms with Crippen LogP contribution in [0.2, 0.25) is 10.0 Å². The molecule has 1 aliphatic heterocycles. The van der Waals surface area contributed by atoms with Crippen molar-refractivity contribution in [3.05, 3.63) is 58.1 Å². The normalized spacial score (nSPS) is 17.7. The summed E-state index contributed by atoms with van der Waals surface area (Å²) >= 11 is 12.0. The van der Waals surface area contributed by atoms with Gasteiger partial charge in [0.15, 0.2) is 0 Å². The maximum absolute atomic E-state index is 10.8. The summed E-state index contributed by atoms with van der Waals surface area (Å²) in [5.74, 6) is 1.20. The van der Waals surface area contributed by atoms with Crippen molar-refractivity contribution in [2.75, 3.05) is 32.8 Å². The molecule has 2 aromatic rings. The second kappa shape index (κ2) is 8.59. The van der Waals surface area contributed by atoms with Crippen LogP contribution in [0.1, 0.15) is 18.9 Å². The molecule has 1 saturated heterocycles. The first-order valence-electron chi connectivity index (χ1n) is 8.70. The number of rotatable bonds is 6. The summed E-state index contributed by atoms with van der Waals surface area (Å²) in [7, 11) is 0. The fraction of sp³-hybridized carbons (Fsp3) is 0.400. The van der Waals surface area contributed by atoms with Crippen LogP contribution in [-0.4, -0.2) is 42.9 Å². The SMILES string of the molecule is CC(O)(CCN1CCOCC1)c1ccc(Oc2ccc(Cl)cc2Cl)cc1. The monoisotopic (exact) mass is 395 g/mol. The van der Waals surface area contributed by atoms with E-state index in [9.17, 15) is 5.11 Å². The lowest BCUT2D eigenvalue weighted by atomic mass is 9.92. The molecule has 140 valence electrons. The van der Waals surface area contributed by atoms with Crippen molar-refractivity contribution in [1.29, 1.82) is 0 Å². The summed E-state index contributed by atoms with van der Waals surface area (Å²) in [5.41, 5.74) is -0.0327. The third kappa shape index (κ3) is 5.12. The molecule has 1 aliphatic rings. The van der Waals surface area contributed by atoms with Gasteiger partial charge in [0.2, 0.25) is 0 Å². The molecular weight excluding hydrogens is 373 g/mol. The van der Waals surface area contributed by atoms with E-state index in [1.54, 1.807) is 18.2 Å². The molecule has 1 heterocycles. The number of hydrogen-bond acceptors (Lipinski definition) is 4. The zero-order valence-corrected chi connectivity index (χ0v) is 16.3. The van der Waals surface area contributed by atoms with E-state index in [2.05, 4.69) is 4.90 Å². The van der Waals surface area contributed by atoms with Crippen LogP contribution in [0, 0.1) is 0 Å². The second-order valence-electron chi connectivity index (χ2n) is 6.68. The molecule has 0 spiro atoms. The van der Waals surface area contributed by atoms with E-state index >= 15 is 0 Å². The van der Waals surface area contributed by atoms with Crippen molar-refractivity contribution in [1.82, 2.24) is 4.90 Å². The van der Waals surface area contributed by atoms with E-state index in [4.69, 9.17) is 32.7 Å². The fourth-order valence-electron chi connectivity index (χ4n) is 2.91. The Hall–Kier alpha value is -1.30. The van der Waals surface area contributed by atoms with Gasteiger partial charge >= 0.3 is 0 Å². The van der Waals surface area contributed by atoms with E-state index < -0.39 is 5.60 Å². The van der Waals surface area contributed by atoms with E-state index in [1.807, 2.05) is 31.2 Å². The van der Waals surface area contributed by atoms with Crippen molar-refractivity contribution in [2.45, 2.75) is 18.9 Å². The minimum absolute atomic E-state index is 0.457. The maximum atomic E-state index is 10.8. The largest absolute Gasteiger partial charge is 0.456 e. The van der Waals surface area contributed by atoms with Crippen LogP contribution < -0.4 is 4.74 Å². The van der Waals surface area contributed by atoms with Gasteiger partial charge in [-0.15, -0.1) is 0 Å². The summed E-state index contributed by atoms with van der Waals surface area (Å²) in [4.78, 5) is 2.32. The van der Waals surface area contributed by atoms with Gasteiger partial charge in [-0.25, -0.2) is 0 Å². The van der Waals surface area contributed by atoms with Gasteiger partial charge in [-0.2, -0.15) is 0 Å². The van der Waals surface area contributed by atoms with E-state index in [0.717, 1.165) is 38.4 Å². The molecule has 1 N–H and O–H groups in total. The first kappa shape index (κ1) is 19.5. The predicted octanol–water partition coefficient (Wildman–Crippen LogP) is 4.72. The van der Waals surface area contributed by atoms with E-state index in [1.165, 1.54) is 0 Å². The third-order valence-corrected chi connectivity index (χ3v) is 5.15. The number of nitrogens with zero attached hydrogens (tertiary/aromatic N) is 1. The van der Waals surface area contributed by atoms with Crippen molar-refractivity contribution in [2.24, 2.45) is 0 Å². The Morgan fingerprint density at radius 2 is 1.81 bits per heavy atom. The molecular formula is C20H23Cl2NO3. The van der Waals surface area contributed by atoms with Gasteiger partial charge in [0.05, 0.1) is 23.8 Å². The molecule has 0 saturated carbocycles. The minimum Gasteiger partial charge on any atom is -0.456 e. The Morgan fingerprint density at radius 3 is 2.46 bits per heavy atom. The highest BCUT2D eigenvalue weighted by atomic mass is 35.5. The average Bonchev–Trinajstić information content (AvgIpc) is 2.64. The van der Waals surface area contributed by atoms with Crippen LogP contribution in [-0.2, 0) is 10.3 Å². The summed E-state index contributed by atoms with van der Waals surface area (Å²) < 4.78 is 11.2. The predicted molar refractivity (Wildman–Crippen MR) is 104 cm³/mol. The number of aliphatic hydroxyl groups is 1. The Balaban J connectivity index is 1.62. The van der Waals surface area contributed by atoms with Crippen LogP contribution in [0.4, 0.5) is 0 Å². The van der Waals surface area contributed by atoms with Gasteiger partial charge in [0.1, 0.15) is 11.5 Å². The molecule has 1 unspecified atom stereocenters. The van der Waals surface area contributed by atoms with Crippen LogP contribution in [0.15, 0.2) is 42.5 Å². The molecule has 2 aromatic carbocycles. The fourth-order valence-corrected chi connectivity index (χ4v) is 3.36. The van der Waals surface area contributed by atoms with Crippen molar-refractivity contribution < 1.29 is 14.6 Å². The summed E-state index contributed by atoms with van der Waals surface area (Å²) in [6.45, 7) is 6.06. The van der Waals surface area contributed by atoms with Crippen LogP contribution in [0.25, 0.3) is 0 Å². The summed E-state index contributed by atoms with van der Waals surface area (Å²) in [6, 6.07) is 12.6. The van der Waals surface area contributed by atoms with Crippen LogP contribution in [0.3, 0.4) is 0 Å². The molecule has 3 rings (SSSR count). The minimum atomic E-state index is -0.894. The Labute approximate surface area is 164 Å². The highest BCUT2D eigenvalue weighted by molar-refractivity contribution is 6.35. The first-order valence-corrected chi connectivity index (χ1v) is 9.45. The standard InChI is InChI=1S/C20H23Cl2NO3/c1-20(24,8-9-23-10-12-25-13-11-23)15-2-5-17(6-3-15)26-19-7-4-16(21)14-18(19)22/h2-7,14,24H,8-13H2,1H3. The average molecular weight is 396 g/mol. The topological polar surface area (TPSA) is 41.9 Å². The molecule has 4 nitrogen and oxygen atoms in total. The van der Waals surface area contributed by atoms with Crippen LogP contribution >= 0.6 is 23.2 Å². The lowest BCUT2D eigenvalue weighted by Gasteiger charge is -2.31. The smallest absolute Gasteiger partial charge is 0.146 e. The summed E-state index contributed by atoms with van der Waals surface area (Å²) in [5, 5.41) is 11.9. The number of benzene rings is 2. The van der Waals surface area contributed by atoms with Crippen LogP contribution in [0.5, 0.6) is 11.5 Å². The number of halogens is 2. The lowest BCUT2D eigenvalue weighted by Crippen LogP contribution is -2.39. The van der Waals surface area contributed by atoms with Crippen molar-refractivity contribution >= 4 is 23.2 Å². The van der Waals surface area contributed by atoms with Gasteiger partial charge in [-0.05, 0) is 49.2 Å². The van der Waals surface area contributed by atoms with E-state index in [-0.39, 0.29) is 0 Å². The van der Waals surface area contributed by atoms with Gasteiger partial charge < -0.3 is 14.6 Å². The molecule has 0 aliphatic carbocycles. The van der Waals surface area contributed by atoms with E-state index in [0.29, 0.717) is 28.0 Å². The molecule has 0 radical (unpaired) electrons. The quantitative estimate of drug-likeness (QED) is 0.768. The zero-order valence-electron chi connectivity index (χ0n) is 14.8. The second-order valence-corrected chi connectivity index (χ2v) is 7.52. The van der Waals surface area contributed by atoms with Crippen molar-refractivity contribution in [3.8, 4) is 11.5 Å². The Kier molecular flexibility index (Phi) is 6.43. The molecule has 1 atom stereocenters. The summed E-state index contributed by atoms with van der Waals surface area (Å²) in [6.07, 6.45) is 0.663. The number of morpholine rings is 1. The highest BCUT2D eigenvalue weighted by Gasteiger charge is 2.24. The maximum Gasteiger partial charge on any atom is 0.146 e. The molecule has 0 aromatic heterocycles. The molecule has 1 fully saturated rings. The molecule has 0 bridgehead atoms. The number of ether oxygens (including phenoxy) is 2. The zero-order chi connectivity index (χ0) is 18.6.